The van der Waals surface area contributed by atoms with Crippen LogP contribution in [0.25, 0.3) is 0 Å². The third-order valence-corrected chi connectivity index (χ3v) is 1.60. The number of nitrogens with zero attached hydrogens (tertiary/aromatic N) is 1. The fourth-order valence-electron chi connectivity index (χ4n) is 0.906. The highest BCUT2D eigenvalue weighted by atomic mass is 16.6. The molecular formula is C11H21NO2. The highest BCUT2D eigenvalue weighted by molar-refractivity contribution is 5.69. The average molecular weight is 199 g/mol. The molecule has 3 nitrogen and oxygen atoms in total. The lowest BCUT2D eigenvalue weighted by atomic mass is 10.2. The standard InChI is InChI=1S/C11H21NO2/c1-6-8-9-12(7-2)10(13)14-11(3,4)5/h7H,2,6,8-9H2,1,3-5H3. The van der Waals surface area contributed by atoms with Gasteiger partial charge in [0, 0.05) is 12.7 Å². The van der Waals surface area contributed by atoms with Crippen molar-refractivity contribution in [3.63, 3.8) is 0 Å². The van der Waals surface area contributed by atoms with Crippen LogP contribution in [0.1, 0.15) is 40.5 Å². The van der Waals surface area contributed by atoms with Crippen LogP contribution in [0, 0.1) is 0 Å². The van der Waals surface area contributed by atoms with Gasteiger partial charge in [-0.1, -0.05) is 19.9 Å². The minimum Gasteiger partial charge on any atom is -0.443 e. The quantitative estimate of drug-likeness (QED) is 0.696. The molecule has 0 aromatic rings. The van der Waals surface area contributed by atoms with Gasteiger partial charge in [0.05, 0.1) is 0 Å². The summed E-state index contributed by atoms with van der Waals surface area (Å²) in [5, 5.41) is 0. The lowest BCUT2D eigenvalue weighted by molar-refractivity contribution is 0.0334. The molecule has 0 atom stereocenters. The van der Waals surface area contributed by atoms with Crippen LogP contribution in [0.3, 0.4) is 0 Å². The Morgan fingerprint density at radius 1 is 1.50 bits per heavy atom. The smallest absolute Gasteiger partial charge is 0.414 e. The molecule has 82 valence electrons. The van der Waals surface area contributed by atoms with E-state index >= 15 is 0 Å². The van der Waals surface area contributed by atoms with Crippen LogP contribution >= 0.6 is 0 Å². The van der Waals surface area contributed by atoms with Crippen molar-refractivity contribution in [2.45, 2.75) is 46.1 Å². The molecule has 0 radical (unpaired) electrons. The topological polar surface area (TPSA) is 29.5 Å². The summed E-state index contributed by atoms with van der Waals surface area (Å²) >= 11 is 0. The molecule has 0 saturated carbocycles. The average Bonchev–Trinajstić information content (AvgIpc) is 2.02. The third-order valence-electron chi connectivity index (χ3n) is 1.60. The van der Waals surface area contributed by atoms with E-state index in [-0.39, 0.29) is 6.09 Å². The van der Waals surface area contributed by atoms with E-state index in [0.717, 1.165) is 12.8 Å². The number of hydrogen-bond acceptors (Lipinski definition) is 2. The molecule has 0 saturated heterocycles. The number of unbranched alkanes of at least 4 members (excludes halogenated alkanes) is 1. The van der Waals surface area contributed by atoms with Crippen molar-refractivity contribution < 1.29 is 9.53 Å². The van der Waals surface area contributed by atoms with Crippen LogP contribution < -0.4 is 0 Å². The molecule has 0 rings (SSSR count). The van der Waals surface area contributed by atoms with Gasteiger partial charge in [-0.3, -0.25) is 4.90 Å². The summed E-state index contributed by atoms with van der Waals surface area (Å²) in [6, 6.07) is 0. The molecule has 0 bridgehead atoms. The highest BCUT2D eigenvalue weighted by Crippen LogP contribution is 2.10. The first-order chi connectivity index (χ1) is 6.40. The maximum absolute atomic E-state index is 11.5. The molecule has 3 heteroatoms. The van der Waals surface area contributed by atoms with Crippen molar-refractivity contribution in [2.24, 2.45) is 0 Å². The number of ether oxygens (including phenoxy) is 1. The number of rotatable bonds is 4. The molecule has 0 aliphatic rings. The molecule has 0 N–H and O–H groups in total. The van der Waals surface area contributed by atoms with Gasteiger partial charge >= 0.3 is 6.09 Å². The van der Waals surface area contributed by atoms with Gasteiger partial charge in [0.1, 0.15) is 5.60 Å². The minimum absolute atomic E-state index is 0.319. The maximum Gasteiger partial charge on any atom is 0.414 e. The van der Waals surface area contributed by atoms with Crippen molar-refractivity contribution in [3.8, 4) is 0 Å². The van der Waals surface area contributed by atoms with E-state index in [1.807, 2.05) is 20.8 Å². The summed E-state index contributed by atoms with van der Waals surface area (Å²) in [5.41, 5.74) is -0.440. The first-order valence-electron chi connectivity index (χ1n) is 5.03. The molecule has 0 aromatic carbocycles. The first-order valence-corrected chi connectivity index (χ1v) is 5.03. The van der Waals surface area contributed by atoms with Gasteiger partial charge in [0.15, 0.2) is 0 Å². The predicted molar refractivity (Wildman–Crippen MR) is 58.0 cm³/mol. The van der Waals surface area contributed by atoms with Crippen LogP contribution in [0.5, 0.6) is 0 Å². The molecule has 14 heavy (non-hydrogen) atoms. The van der Waals surface area contributed by atoms with E-state index in [9.17, 15) is 4.79 Å². The Labute approximate surface area is 86.7 Å². The lowest BCUT2D eigenvalue weighted by Crippen LogP contribution is -2.33. The number of amides is 1. The van der Waals surface area contributed by atoms with E-state index in [0.29, 0.717) is 6.54 Å². The summed E-state index contributed by atoms with van der Waals surface area (Å²) in [6.07, 6.45) is 3.21. The fourth-order valence-corrected chi connectivity index (χ4v) is 0.906. The summed E-state index contributed by atoms with van der Waals surface area (Å²) < 4.78 is 5.20. The Bertz CT molecular complexity index is 194. The van der Waals surface area contributed by atoms with Gasteiger partial charge in [-0.05, 0) is 27.2 Å². The summed E-state index contributed by atoms with van der Waals surface area (Å²) in [4.78, 5) is 13.0. The zero-order valence-corrected chi connectivity index (χ0v) is 9.67. The normalized spacial score (nSPS) is 10.9. The van der Waals surface area contributed by atoms with Crippen molar-refractivity contribution in [1.29, 1.82) is 0 Å². The zero-order valence-electron chi connectivity index (χ0n) is 9.67. The second kappa shape index (κ2) is 5.68. The third kappa shape index (κ3) is 5.62. The van der Waals surface area contributed by atoms with Crippen molar-refractivity contribution >= 4 is 6.09 Å². The molecule has 0 aromatic heterocycles. The van der Waals surface area contributed by atoms with Crippen molar-refractivity contribution in [2.75, 3.05) is 6.54 Å². The van der Waals surface area contributed by atoms with E-state index in [4.69, 9.17) is 4.74 Å². The fraction of sp³-hybridized carbons (Fsp3) is 0.727. The second-order valence-corrected chi connectivity index (χ2v) is 4.21. The van der Waals surface area contributed by atoms with Gasteiger partial charge < -0.3 is 4.74 Å². The van der Waals surface area contributed by atoms with Crippen LogP contribution in [-0.4, -0.2) is 23.1 Å². The molecular weight excluding hydrogens is 178 g/mol. The number of hydrogen-bond donors (Lipinski definition) is 0. The molecule has 0 aliphatic heterocycles. The molecule has 0 fully saturated rings. The molecule has 0 aliphatic carbocycles. The van der Waals surface area contributed by atoms with Gasteiger partial charge in [-0.25, -0.2) is 4.79 Å². The Morgan fingerprint density at radius 2 is 2.07 bits per heavy atom. The van der Waals surface area contributed by atoms with Gasteiger partial charge in [-0.2, -0.15) is 0 Å². The lowest BCUT2D eigenvalue weighted by Gasteiger charge is -2.24. The highest BCUT2D eigenvalue weighted by Gasteiger charge is 2.19. The molecule has 0 spiro atoms. The predicted octanol–water partition coefficient (Wildman–Crippen LogP) is 3.17. The summed E-state index contributed by atoms with van der Waals surface area (Å²) in [6.45, 7) is 11.9. The Hall–Kier alpha value is -0.990. The van der Waals surface area contributed by atoms with Crippen LogP contribution in [0.4, 0.5) is 4.79 Å². The second-order valence-electron chi connectivity index (χ2n) is 4.21. The Morgan fingerprint density at radius 3 is 2.43 bits per heavy atom. The van der Waals surface area contributed by atoms with Gasteiger partial charge in [0.25, 0.3) is 0 Å². The van der Waals surface area contributed by atoms with Gasteiger partial charge in [0.2, 0.25) is 0 Å². The van der Waals surface area contributed by atoms with E-state index in [1.165, 1.54) is 11.1 Å². The largest absolute Gasteiger partial charge is 0.443 e. The Balaban J connectivity index is 4.11. The number of carbonyl (C=O) groups is 1. The summed E-state index contributed by atoms with van der Waals surface area (Å²) in [5.74, 6) is 0. The van der Waals surface area contributed by atoms with E-state index in [1.54, 1.807) is 0 Å². The summed E-state index contributed by atoms with van der Waals surface area (Å²) in [7, 11) is 0. The Kier molecular flexibility index (Phi) is 5.28. The van der Waals surface area contributed by atoms with Crippen LogP contribution in [0.15, 0.2) is 12.8 Å². The van der Waals surface area contributed by atoms with E-state index in [2.05, 4.69) is 13.5 Å². The monoisotopic (exact) mass is 199 g/mol. The molecule has 1 amide bonds. The minimum atomic E-state index is -0.440. The van der Waals surface area contributed by atoms with Crippen molar-refractivity contribution in [1.82, 2.24) is 4.90 Å². The molecule has 0 unspecified atom stereocenters. The maximum atomic E-state index is 11.5. The molecule has 0 heterocycles. The zero-order chi connectivity index (χ0) is 11.2. The number of carbonyl (C=O) groups excluding carboxylic acids is 1. The van der Waals surface area contributed by atoms with Crippen LogP contribution in [-0.2, 0) is 4.74 Å². The van der Waals surface area contributed by atoms with Gasteiger partial charge in [-0.15, -0.1) is 0 Å². The van der Waals surface area contributed by atoms with Crippen molar-refractivity contribution in [3.05, 3.63) is 12.8 Å². The van der Waals surface area contributed by atoms with Crippen LogP contribution in [0.2, 0.25) is 0 Å². The first kappa shape index (κ1) is 13.0. The van der Waals surface area contributed by atoms with E-state index < -0.39 is 5.60 Å². The SMILES string of the molecule is C=CN(CCCC)C(=O)OC(C)(C)C.